The lowest BCUT2D eigenvalue weighted by atomic mass is 9.97. The Morgan fingerprint density at radius 1 is 1.33 bits per heavy atom. The molecule has 4 heteroatoms. The largest absolute Gasteiger partial charge is 0.283 e. The first kappa shape index (κ1) is 12.0. The van der Waals surface area contributed by atoms with Gasteiger partial charge in [0, 0.05) is 0 Å². The fourth-order valence-corrected chi connectivity index (χ4v) is 2.02. The van der Waals surface area contributed by atoms with Gasteiger partial charge in [-0.15, -0.1) is 0 Å². The van der Waals surface area contributed by atoms with Crippen molar-refractivity contribution in [1.82, 2.24) is 0 Å². The molecule has 0 aromatic heterocycles. The first-order valence-corrected chi connectivity index (χ1v) is 6.90. The Hall–Kier alpha value is -1.03. The lowest BCUT2D eigenvalue weighted by Crippen LogP contribution is -2.11. The van der Waals surface area contributed by atoms with Crippen LogP contribution in [0.5, 0.6) is 0 Å². The normalized spacial score (nSPS) is 13.5. The lowest BCUT2D eigenvalue weighted by molar-refractivity contribution is 0.606. The molecule has 0 saturated heterocycles. The van der Waals surface area contributed by atoms with Crippen LogP contribution in [0.25, 0.3) is 0 Å². The molecule has 1 atom stereocenters. The molecule has 0 radical (unpaired) electrons. The van der Waals surface area contributed by atoms with Crippen molar-refractivity contribution in [2.24, 2.45) is 0 Å². The van der Waals surface area contributed by atoms with Gasteiger partial charge >= 0.3 is 0 Å². The van der Waals surface area contributed by atoms with Crippen LogP contribution in [-0.2, 0) is 10.0 Å². The molecule has 1 aromatic rings. The number of hydrogen-bond donors (Lipinski definition) is 1. The summed E-state index contributed by atoms with van der Waals surface area (Å²) in [4.78, 5) is 0. The zero-order chi connectivity index (χ0) is 11.5. The molecule has 15 heavy (non-hydrogen) atoms. The summed E-state index contributed by atoms with van der Waals surface area (Å²) < 4.78 is 24.8. The van der Waals surface area contributed by atoms with Crippen molar-refractivity contribution in [3.8, 4) is 0 Å². The summed E-state index contributed by atoms with van der Waals surface area (Å²) in [5.74, 6) is 0.357. The quantitative estimate of drug-likeness (QED) is 0.859. The molecule has 0 spiro atoms. The van der Waals surface area contributed by atoms with Gasteiger partial charge in [0.2, 0.25) is 10.0 Å². The van der Waals surface area contributed by atoms with Gasteiger partial charge < -0.3 is 0 Å². The zero-order valence-corrected chi connectivity index (χ0v) is 10.1. The molecule has 0 heterocycles. The Morgan fingerprint density at radius 3 is 2.47 bits per heavy atom. The first-order chi connectivity index (χ1) is 6.94. The van der Waals surface area contributed by atoms with Gasteiger partial charge in [-0.2, -0.15) is 0 Å². The monoisotopic (exact) mass is 227 g/mol. The van der Waals surface area contributed by atoms with E-state index in [1.807, 2.05) is 18.2 Å². The number of para-hydroxylation sites is 1. The first-order valence-electron chi connectivity index (χ1n) is 5.00. The van der Waals surface area contributed by atoms with Crippen molar-refractivity contribution in [3.05, 3.63) is 29.8 Å². The minimum Gasteiger partial charge on any atom is -0.283 e. The van der Waals surface area contributed by atoms with Crippen LogP contribution >= 0.6 is 0 Å². The summed E-state index contributed by atoms with van der Waals surface area (Å²) in [5.41, 5.74) is 1.74. The molecule has 0 aliphatic rings. The van der Waals surface area contributed by atoms with Gasteiger partial charge in [0.25, 0.3) is 0 Å². The van der Waals surface area contributed by atoms with E-state index in [2.05, 4.69) is 18.6 Å². The third-order valence-corrected chi connectivity index (χ3v) is 2.99. The number of hydrogen-bond acceptors (Lipinski definition) is 2. The highest BCUT2D eigenvalue weighted by atomic mass is 32.2. The van der Waals surface area contributed by atoms with Crippen LogP contribution in [0.4, 0.5) is 5.69 Å². The van der Waals surface area contributed by atoms with Gasteiger partial charge in [0.1, 0.15) is 0 Å². The predicted molar refractivity (Wildman–Crippen MR) is 63.6 cm³/mol. The lowest BCUT2D eigenvalue weighted by Gasteiger charge is -2.15. The molecule has 0 amide bonds. The molecule has 1 N–H and O–H groups in total. The molecule has 0 fully saturated rings. The fourth-order valence-electron chi connectivity index (χ4n) is 1.44. The van der Waals surface area contributed by atoms with Crippen LogP contribution in [-0.4, -0.2) is 14.7 Å². The van der Waals surface area contributed by atoms with Gasteiger partial charge in [-0.1, -0.05) is 32.0 Å². The second-order valence-corrected chi connectivity index (χ2v) is 5.52. The highest BCUT2D eigenvalue weighted by Crippen LogP contribution is 2.26. The van der Waals surface area contributed by atoms with Crippen LogP contribution in [0, 0.1) is 0 Å². The van der Waals surface area contributed by atoms with E-state index < -0.39 is 10.0 Å². The summed E-state index contributed by atoms with van der Waals surface area (Å²) >= 11 is 0. The molecule has 1 aromatic carbocycles. The topological polar surface area (TPSA) is 46.2 Å². The number of benzene rings is 1. The summed E-state index contributed by atoms with van der Waals surface area (Å²) in [6.45, 7) is 4.17. The number of nitrogens with one attached hydrogen (secondary N) is 1. The average molecular weight is 227 g/mol. The second kappa shape index (κ2) is 4.66. The molecule has 0 saturated carbocycles. The molecule has 0 unspecified atom stereocenters. The van der Waals surface area contributed by atoms with Crippen molar-refractivity contribution >= 4 is 15.7 Å². The number of rotatable bonds is 4. The molecule has 0 aliphatic carbocycles. The maximum atomic E-state index is 11.2. The summed E-state index contributed by atoms with van der Waals surface area (Å²) in [7, 11) is -3.19. The number of anilines is 1. The Balaban J connectivity index is 3.07. The van der Waals surface area contributed by atoms with Crippen molar-refractivity contribution < 1.29 is 8.42 Å². The third kappa shape index (κ3) is 3.55. The summed E-state index contributed by atoms with van der Waals surface area (Å²) in [6.07, 6.45) is 2.16. The van der Waals surface area contributed by atoms with E-state index in [9.17, 15) is 8.42 Å². The minimum absolute atomic E-state index is 0.357. The maximum absolute atomic E-state index is 11.2. The van der Waals surface area contributed by atoms with Crippen LogP contribution in [0.1, 0.15) is 31.7 Å². The van der Waals surface area contributed by atoms with E-state index in [1.165, 1.54) is 6.26 Å². The van der Waals surface area contributed by atoms with Crippen LogP contribution in [0.2, 0.25) is 0 Å². The Labute approximate surface area is 91.6 Å². The molecule has 1 rings (SSSR count). The molecule has 0 aliphatic heterocycles. The standard InChI is InChI=1S/C11H17NO2S/c1-4-9(2)10-7-5-6-8-11(10)12-15(3,13)14/h5-9,12H,4H2,1-3H3/t9-/m0/s1. The van der Waals surface area contributed by atoms with Gasteiger partial charge in [0.15, 0.2) is 0 Å². The molecular weight excluding hydrogens is 210 g/mol. The van der Waals surface area contributed by atoms with E-state index >= 15 is 0 Å². The van der Waals surface area contributed by atoms with E-state index in [-0.39, 0.29) is 0 Å². The molecule has 0 bridgehead atoms. The molecule has 84 valence electrons. The smallest absolute Gasteiger partial charge is 0.229 e. The van der Waals surface area contributed by atoms with Crippen LogP contribution in [0.15, 0.2) is 24.3 Å². The van der Waals surface area contributed by atoms with E-state index in [0.717, 1.165) is 12.0 Å². The molecule has 3 nitrogen and oxygen atoms in total. The van der Waals surface area contributed by atoms with E-state index in [0.29, 0.717) is 11.6 Å². The van der Waals surface area contributed by atoms with Gasteiger partial charge in [-0.3, -0.25) is 4.72 Å². The van der Waals surface area contributed by atoms with Crippen molar-refractivity contribution in [2.75, 3.05) is 11.0 Å². The Kier molecular flexibility index (Phi) is 3.74. The van der Waals surface area contributed by atoms with Crippen LogP contribution < -0.4 is 4.72 Å². The van der Waals surface area contributed by atoms with Crippen molar-refractivity contribution in [1.29, 1.82) is 0 Å². The highest BCUT2D eigenvalue weighted by molar-refractivity contribution is 7.92. The minimum atomic E-state index is -3.19. The highest BCUT2D eigenvalue weighted by Gasteiger charge is 2.10. The summed E-state index contributed by atoms with van der Waals surface area (Å²) in [5, 5.41) is 0. The SMILES string of the molecule is CC[C@H](C)c1ccccc1NS(C)(=O)=O. The third-order valence-electron chi connectivity index (χ3n) is 2.40. The fraction of sp³-hybridized carbons (Fsp3) is 0.455. The van der Waals surface area contributed by atoms with E-state index in [1.54, 1.807) is 6.07 Å². The number of sulfonamides is 1. The van der Waals surface area contributed by atoms with E-state index in [4.69, 9.17) is 0 Å². The zero-order valence-electron chi connectivity index (χ0n) is 9.32. The molecular formula is C11H17NO2S. The van der Waals surface area contributed by atoms with Crippen molar-refractivity contribution in [2.45, 2.75) is 26.2 Å². The van der Waals surface area contributed by atoms with Crippen LogP contribution in [0.3, 0.4) is 0 Å². The van der Waals surface area contributed by atoms with Gasteiger partial charge in [-0.25, -0.2) is 8.42 Å². The summed E-state index contributed by atoms with van der Waals surface area (Å²) in [6, 6.07) is 7.51. The maximum Gasteiger partial charge on any atom is 0.229 e. The average Bonchev–Trinajstić information content (AvgIpc) is 2.15. The predicted octanol–water partition coefficient (Wildman–Crippen LogP) is 2.57. The Morgan fingerprint density at radius 2 is 1.93 bits per heavy atom. The van der Waals surface area contributed by atoms with Gasteiger partial charge in [-0.05, 0) is 24.0 Å². The van der Waals surface area contributed by atoms with Gasteiger partial charge in [0.05, 0.1) is 11.9 Å². The van der Waals surface area contributed by atoms with Crippen molar-refractivity contribution in [3.63, 3.8) is 0 Å². The second-order valence-electron chi connectivity index (χ2n) is 3.77. The Bertz CT molecular complexity index is 426.